The lowest BCUT2D eigenvalue weighted by atomic mass is 9.80. The van der Waals surface area contributed by atoms with Crippen LogP contribution >= 0.6 is 0 Å². The Morgan fingerprint density at radius 1 is 0.536 bits per heavy atom. The van der Waals surface area contributed by atoms with Crippen LogP contribution in [0.15, 0.2) is 121 Å². The van der Waals surface area contributed by atoms with E-state index in [0.717, 1.165) is 17.2 Å². The van der Waals surface area contributed by atoms with Gasteiger partial charge in [-0.2, -0.15) is 0 Å². The zero-order chi connectivity index (χ0) is 43.0. The molecule has 5 aromatic carbocycles. The highest BCUT2D eigenvalue weighted by atomic mass is 16.6. The van der Waals surface area contributed by atoms with E-state index in [4.69, 9.17) is 15.8 Å². The molecule has 18 heteroatoms. The Kier molecular flexibility index (Phi) is 22.4. The second kappa shape index (κ2) is 25.7. The third-order valence-corrected chi connectivity index (χ3v) is 6.56. The largest absolute Gasteiger partial charge is 0.488 e. The number of anilines is 1. The Hall–Kier alpha value is -7.18. The number of carbonyl (C=O) groups is 2. The van der Waals surface area contributed by atoms with E-state index < -0.39 is 26.8 Å². The molecule has 0 heterocycles. The molecule has 0 fully saturated rings. The van der Waals surface area contributed by atoms with Crippen LogP contribution < -0.4 is 11.2 Å². The van der Waals surface area contributed by atoms with Crippen LogP contribution in [0.25, 0.3) is 0 Å². The number of nitro groups is 4. The molecule has 5 aromatic rings. The van der Waals surface area contributed by atoms with Crippen molar-refractivity contribution < 1.29 is 42.2 Å². The number of nitrogens with two attached hydrogens (primary N) is 1. The van der Waals surface area contributed by atoms with Gasteiger partial charge in [0.25, 0.3) is 22.7 Å². The van der Waals surface area contributed by atoms with E-state index in [1.54, 1.807) is 54.6 Å². The van der Waals surface area contributed by atoms with E-state index >= 15 is 0 Å². The SMILES string of the molecule is CC.CC(=O)c1cccc(N)c1.CC(=O)c1cccc([N+](=O)[O-])c1.Cc1cccc([N+](=O)[O-])c1.Cc1cccc([N+](=O)[O-])c1.O=[N+]([O-])c1cccc(B(O)O)c1.[HH].[HH]. The second-order valence-corrected chi connectivity index (χ2v) is 11.0. The van der Waals surface area contributed by atoms with Crippen LogP contribution in [0.3, 0.4) is 0 Å². The maximum Gasteiger partial charge on any atom is 0.488 e. The number of carbonyl (C=O) groups excluding carboxylic acids is 2. The van der Waals surface area contributed by atoms with E-state index in [0.29, 0.717) is 16.8 Å². The molecule has 298 valence electrons. The van der Waals surface area contributed by atoms with E-state index in [2.05, 4.69) is 0 Å². The molecular formula is C38H46BN5O12. The number of non-ortho nitro benzene ring substituents is 4. The number of hydrogen-bond donors (Lipinski definition) is 3. The molecule has 17 nitrogen and oxygen atoms in total. The minimum absolute atomic E-state index is 0. The Labute approximate surface area is 325 Å². The van der Waals surface area contributed by atoms with Gasteiger partial charge in [0, 0.05) is 68.2 Å². The van der Waals surface area contributed by atoms with E-state index in [9.17, 15) is 50.0 Å². The predicted molar refractivity (Wildman–Crippen MR) is 218 cm³/mol. The zero-order valence-electron chi connectivity index (χ0n) is 31.5. The third-order valence-electron chi connectivity index (χ3n) is 6.56. The third kappa shape index (κ3) is 19.6. The van der Waals surface area contributed by atoms with Gasteiger partial charge >= 0.3 is 7.12 Å². The number of nitro benzene ring substituents is 4. The Bertz CT molecular complexity index is 1950. The van der Waals surface area contributed by atoms with Crippen molar-refractivity contribution >= 4 is 52.6 Å². The fourth-order valence-corrected chi connectivity index (χ4v) is 3.88. The van der Waals surface area contributed by atoms with Crippen LogP contribution in [0.2, 0.25) is 0 Å². The van der Waals surface area contributed by atoms with Crippen LogP contribution in [0.5, 0.6) is 0 Å². The van der Waals surface area contributed by atoms with Crippen LogP contribution in [-0.4, -0.2) is 48.4 Å². The summed E-state index contributed by atoms with van der Waals surface area (Å²) in [4.78, 5) is 60.4. The van der Waals surface area contributed by atoms with Gasteiger partial charge in [0.1, 0.15) is 0 Å². The highest BCUT2D eigenvalue weighted by Crippen LogP contribution is 2.14. The molecule has 0 radical (unpaired) electrons. The molecular weight excluding hydrogens is 729 g/mol. The lowest BCUT2D eigenvalue weighted by molar-refractivity contribution is -0.385. The van der Waals surface area contributed by atoms with E-state index in [-0.39, 0.29) is 42.6 Å². The normalized spacial score (nSPS) is 9.14. The number of ketones is 2. The molecule has 5 rings (SSSR count). The predicted octanol–water partition coefficient (Wildman–Crippen LogP) is 7.87. The maximum absolute atomic E-state index is 10.8. The highest BCUT2D eigenvalue weighted by molar-refractivity contribution is 6.58. The van der Waals surface area contributed by atoms with Crippen molar-refractivity contribution in [2.24, 2.45) is 0 Å². The van der Waals surface area contributed by atoms with E-state index in [1.807, 2.05) is 39.8 Å². The fourth-order valence-electron chi connectivity index (χ4n) is 3.88. The number of benzene rings is 5. The summed E-state index contributed by atoms with van der Waals surface area (Å²) in [6.45, 7) is 10.5. The number of hydrogen-bond acceptors (Lipinski definition) is 13. The quantitative estimate of drug-likeness (QED) is 0.0467. The van der Waals surface area contributed by atoms with Gasteiger partial charge in [0.2, 0.25) is 0 Å². The Morgan fingerprint density at radius 2 is 0.857 bits per heavy atom. The fraction of sp³-hybridized carbons (Fsp3) is 0.158. The Balaban J connectivity index is -0.000000641. The number of rotatable bonds is 7. The first-order valence-corrected chi connectivity index (χ1v) is 16.5. The van der Waals surface area contributed by atoms with Gasteiger partial charge in [0.15, 0.2) is 11.6 Å². The molecule has 0 unspecified atom stereocenters. The van der Waals surface area contributed by atoms with Crippen molar-refractivity contribution in [3.8, 4) is 0 Å². The molecule has 0 aliphatic heterocycles. The molecule has 0 bridgehead atoms. The molecule has 56 heavy (non-hydrogen) atoms. The maximum atomic E-state index is 10.8. The average molecular weight is 776 g/mol. The van der Waals surface area contributed by atoms with E-state index in [1.165, 1.54) is 62.4 Å². The van der Waals surface area contributed by atoms with Crippen molar-refractivity contribution in [3.63, 3.8) is 0 Å². The monoisotopic (exact) mass is 775 g/mol. The second-order valence-electron chi connectivity index (χ2n) is 11.0. The number of nitrogen functional groups attached to an aromatic ring is 1. The number of aryl methyl sites for hydroxylation is 2. The first-order chi connectivity index (χ1) is 26.3. The van der Waals surface area contributed by atoms with Crippen LogP contribution in [0.4, 0.5) is 28.4 Å². The van der Waals surface area contributed by atoms with Gasteiger partial charge in [-0.05, 0) is 56.4 Å². The first kappa shape index (κ1) is 48.8. The molecule has 0 atom stereocenters. The molecule has 4 N–H and O–H groups in total. The minimum atomic E-state index is -1.66. The summed E-state index contributed by atoms with van der Waals surface area (Å²) in [5.41, 5.74) is 9.15. The smallest absolute Gasteiger partial charge is 0.423 e. The van der Waals surface area contributed by atoms with Crippen molar-refractivity contribution in [2.75, 3.05) is 5.73 Å². The average Bonchev–Trinajstić information content (AvgIpc) is 3.16. The first-order valence-electron chi connectivity index (χ1n) is 16.5. The molecule has 0 aliphatic rings. The molecule has 0 saturated heterocycles. The summed E-state index contributed by atoms with van der Waals surface area (Å²) in [6.07, 6.45) is 0. The summed E-state index contributed by atoms with van der Waals surface area (Å²) in [7, 11) is -1.66. The van der Waals surface area contributed by atoms with Crippen molar-refractivity contribution in [2.45, 2.75) is 41.5 Å². The molecule has 0 spiro atoms. The van der Waals surface area contributed by atoms with Gasteiger partial charge in [-0.25, -0.2) is 0 Å². The van der Waals surface area contributed by atoms with Gasteiger partial charge in [0.05, 0.1) is 19.7 Å². The van der Waals surface area contributed by atoms with Crippen LogP contribution in [-0.2, 0) is 0 Å². The van der Waals surface area contributed by atoms with Crippen molar-refractivity contribution in [3.05, 3.63) is 184 Å². The summed E-state index contributed by atoms with van der Waals surface area (Å²) in [5.74, 6) is -0.119. The highest BCUT2D eigenvalue weighted by Gasteiger charge is 2.14. The topological polar surface area (TPSA) is 273 Å². The van der Waals surface area contributed by atoms with Gasteiger partial charge < -0.3 is 15.8 Å². The van der Waals surface area contributed by atoms with Gasteiger partial charge in [-0.15, -0.1) is 0 Å². The summed E-state index contributed by atoms with van der Waals surface area (Å²) < 4.78 is 0. The molecule has 0 saturated carbocycles. The lowest BCUT2D eigenvalue weighted by Gasteiger charge is -1.97. The van der Waals surface area contributed by atoms with Gasteiger partial charge in [-0.1, -0.05) is 74.5 Å². The zero-order valence-corrected chi connectivity index (χ0v) is 31.5. The molecule has 0 aliphatic carbocycles. The van der Waals surface area contributed by atoms with Crippen LogP contribution in [0.1, 0.15) is 62.4 Å². The lowest BCUT2D eigenvalue weighted by Crippen LogP contribution is -2.29. The Morgan fingerprint density at radius 3 is 1.16 bits per heavy atom. The summed E-state index contributed by atoms with van der Waals surface area (Å²) >= 11 is 0. The van der Waals surface area contributed by atoms with Crippen molar-refractivity contribution in [1.29, 1.82) is 0 Å². The van der Waals surface area contributed by atoms with Crippen LogP contribution in [0, 0.1) is 54.3 Å². The molecule has 0 aromatic heterocycles. The minimum Gasteiger partial charge on any atom is -0.423 e. The molecule has 0 amide bonds. The number of nitrogens with zero attached hydrogens (tertiary/aromatic N) is 4. The standard InChI is InChI=1S/C8H7NO3.C8H9NO.2C7H7NO2.C6H6BNO4.C2H6.2H2/c1-6(10)7-3-2-4-8(5-7)9(11)12;1-6(10)7-3-2-4-8(9)5-7;2*1-6-3-2-4-7(5-6)8(9)10;9-7(10)5-2-1-3-6(4-5)8(11)12;1-2;;/h2-5H,1H3;2-5H,9H2,1H3;2*2-5H,1H3;1-4,9-10H;1-2H3;2*1H. The van der Waals surface area contributed by atoms with Crippen molar-refractivity contribution in [1.82, 2.24) is 0 Å². The van der Waals surface area contributed by atoms with Gasteiger partial charge in [-0.3, -0.25) is 50.0 Å². The summed E-state index contributed by atoms with van der Waals surface area (Å²) in [6, 6.07) is 30.8. The number of Topliss-reactive ketones (excluding diaryl/α,β-unsaturated/α-hetero) is 2. The summed E-state index contributed by atoms with van der Waals surface area (Å²) in [5, 5.41) is 58.1.